The molecule has 0 unspecified atom stereocenters. The summed E-state index contributed by atoms with van der Waals surface area (Å²) in [5.41, 5.74) is -0.196. The van der Waals surface area contributed by atoms with Gasteiger partial charge in [0.1, 0.15) is 0 Å². The summed E-state index contributed by atoms with van der Waals surface area (Å²) in [5, 5.41) is 9.20. The average Bonchev–Trinajstić information content (AvgIpc) is 2.86. The number of rotatable bonds is 2. The first kappa shape index (κ1) is 13.7. The zero-order chi connectivity index (χ0) is 15.0. The molecule has 110 valence electrons. The molecule has 1 N–H and O–H groups in total. The number of anilines is 1. The molecular formula is C15H16N2O4. The zero-order valence-corrected chi connectivity index (χ0v) is 11.5. The van der Waals surface area contributed by atoms with Gasteiger partial charge in [0.2, 0.25) is 11.8 Å². The number of carbonyl (C=O) groups is 3. The van der Waals surface area contributed by atoms with Crippen LogP contribution in [0, 0.1) is 5.41 Å². The number of piperidine rings is 1. The lowest BCUT2D eigenvalue weighted by molar-refractivity contribution is -0.133. The van der Waals surface area contributed by atoms with Gasteiger partial charge in [-0.3, -0.25) is 14.6 Å². The summed E-state index contributed by atoms with van der Waals surface area (Å²) < 4.78 is 0. The third kappa shape index (κ3) is 2.30. The van der Waals surface area contributed by atoms with Crippen molar-refractivity contribution in [3.05, 3.63) is 24.0 Å². The van der Waals surface area contributed by atoms with Crippen molar-refractivity contribution in [3.8, 4) is 0 Å². The summed E-state index contributed by atoms with van der Waals surface area (Å²) in [6.07, 6.45) is 7.13. The molecule has 2 fully saturated rings. The van der Waals surface area contributed by atoms with E-state index >= 15 is 0 Å². The quantitative estimate of drug-likeness (QED) is 0.841. The molecule has 2 aliphatic rings. The number of carbonyl (C=O) groups excluding carboxylic acids is 2. The molecular weight excluding hydrogens is 272 g/mol. The highest BCUT2D eigenvalue weighted by Gasteiger charge is 2.46. The van der Waals surface area contributed by atoms with Gasteiger partial charge in [-0.2, -0.15) is 0 Å². The Labute approximate surface area is 121 Å². The van der Waals surface area contributed by atoms with E-state index in [-0.39, 0.29) is 28.5 Å². The van der Waals surface area contributed by atoms with Gasteiger partial charge in [-0.15, -0.1) is 0 Å². The lowest BCUT2D eigenvalue weighted by atomic mass is 9.76. The molecule has 0 atom stereocenters. The molecule has 1 aromatic rings. The summed E-state index contributed by atoms with van der Waals surface area (Å²) >= 11 is 0. The predicted molar refractivity (Wildman–Crippen MR) is 73.8 cm³/mol. The third-order valence-electron chi connectivity index (χ3n) is 4.49. The number of carboxylic acids is 1. The van der Waals surface area contributed by atoms with Gasteiger partial charge in [-0.25, -0.2) is 9.69 Å². The van der Waals surface area contributed by atoms with Gasteiger partial charge < -0.3 is 5.11 Å². The number of nitrogens with zero attached hydrogens (tertiary/aromatic N) is 2. The number of hydrogen-bond donors (Lipinski definition) is 1. The second-order valence-electron chi connectivity index (χ2n) is 5.88. The number of amides is 2. The van der Waals surface area contributed by atoms with E-state index in [1.165, 1.54) is 18.5 Å². The zero-order valence-electron chi connectivity index (χ0n) is 11.5. The summed E-state index contributed by atoms with van der Waals surface area (Å²) in [5.74, 6) is -1.80. The van der Waals surface area contributed by atoms with Gasteiger partial charge in [0, 0.05) is 19.0 Å². The van der Waals surface area contributed by atoms with Gasteiger partial charge in [0.15, 0.2) is 0 Å². The van der Waals surface area contributed by atoms with Crippen LogP contribution in [0.5, 0.6) is 0 Å². The third-order valence-corrected chi connectivity index (χ3v) is 4.49. The number of aromatic nitrogens is 1. The number of carboxylic acid groups (broad SMARTS) is 1. The molecule has 0 aromatic carbocycles. The molecule has 1 spiro atoms. The van der Waals surface area contributed by atoms with Crippen LogP contribution < -0.4 is 4.90 Å². The first-order valence-corrected chi connectivity index (χ1v) is 7.06. The number of pyridine rings is 1. The molecule has 0 bridgehead atoms. The summed E-state index contributed by atoms with van der Waals surface area (Å²) in [7, 11) is 0. The lowest BCUT2D eigenvalue weighted by Gasteiger charge is -2.37. The van der Waals surface area contributed by atoms with Crippen molar-refractivity contribution < 1.29 is 19.5 Å². The summed E-state index contributed by atoms with van der Waals surface area (Å²) in [6.45, 7) is 0. The molecule has 2 heterocycles. The Bertz CT molecular complexity index is 600. The van der Waals surface area contributed by atoms with E-state index < -0.39 is 5.97 Å². The fourth-order valence-electron chi connectivity index (χ4n) is 3.49. The van der Waals surface area contributed by atoms with Crippen molar-refractivity contribution in [1.82, 2.24) is 4.98 Å². The minimum atomic E-state index is -1.17. The molecule has 1 saturated carbocycles. The van der Waals surface area contributed by atoms with E-state index in [0.717, 1.165) is 30.6 Å². The highest BCUT2D eigenvalue weighted by atomic mass is 16.4. The van der Waals surface area contributed by atoms with Gasteiger partial charge in [-0.05, 0) is 24.3 Å². The Hall–Kier alpha value is -2.24. The molecule has 21 heavy (non-hydrogen) atoms. The Kier molecular flexibility index (Phi) is 3.23. The Morgan fingerprint density at radius 2 is 1.81 bits per heavy atom. The maximum absolute atomic E-state index is 12.4. The molecule has 0 radical (unpaired) electrons. The van der Waals surface area contributed by atoms with Crippen LogP contribution >= 0.6 is 0 Å². The molecule has 6 heteroatoms. The van der Waals surface area contributed by atoms with E-state index in [2.05, 4.69) is 4.98 Å². The normalized spacial score (nSPS) is 21.0. The van der Waals surface area contributed by atoms with Gasteiger partial charge >= 0.3 is 5.97 Å². The second-order valence-corrected chi connectivity index (χ2v) is 5.88. The Morgan fingerprint density at radius 3 is 2.38 bits per heavy atom. The van der Waals surface area contributed by atoms with Crippen molar-refractivity contribution in [2.45, 2.75) is 38.5 Å². The van der Waals surface area contributed by atoms with Crippen LogP contribution in [0.25, 0.3) is 0 Å². The van der Waals surface area contributed by atoms with Crippen LogP contribution in [0.3, 0.4) is 0 Å². The number of imide groups is 1. The first-order valence-electron chi connectivity index (χ1n) is 7.06. The maximum atomic E-state index is 12.4. The van der Waals surface area contributed by atoms with Crippen molar-refractivity contribution in [2.24, 2.45) is 5.41 Å². The Morgan fingerprint density at radius 1 is 1.19 bits per heavy atom. The van der Waals surface area contributed by atoms with Crippen LogP contribution in [0.15, 0.2) is 18.5 Å². The van der Waals surface area contributed by atoms with E-state index in [0.29, 0.717) is 12.8 Å². The van der Waals surface area contributed by atoms with E-state index in [4.69, 9.17) is 0 Å². The minimum absolute atomic E-state index is 0.0749. The van der Waals surface area contributed by atoms with Crippen molar-refractivity contribution in [3.63, 3.8) is 0 Å². The SMILES string of the molecule is O=C(O)c1ccncc1N1C(=O)CC2(CCCC2)CC1=O. The standard InChI is InChI=1S/C15H16N2O4/c18-12-7-15(4-1-2-5-15)8-13(19)17(12)11-9-16-6-3-10(11)14(20)21/h3,6,9H,1-2,4-5,7-8H2,(H,20,21). The van der Waals surface area contributed by atoms with Crippen LogP contribution in [-0.2, 0) is 9.59 Å². The highest BCUT2D eigenvalue weighted by molar-refractivity contribution is 6.19. The van der Waals surface area contributed by atoms with Crippen LogP contribution in [0.2, 0.25) is 0 Å². The highest BCUT2D eigenvalue weighted by Crippen LogP contribution is 2.47. The van der Waals surface area contributed by atoms with Gasteiger partial charge in [-0.1, -0.05) is 12.8 Å². The molecule has 3 rings (SSSR count). The van der Waals surface area contributed by atoms with E-state index in [1.807, 2.05) is 0 Å². The lowest BCUT2D eigenvalue weighted by Crippen LogP contribution is -2.48. The fourth-order valence-corrected chi connectivity index (χ4v) is 3.49. The van der Waals surface area contributed by atoms with Crippen LogP contribution in [-0.4, -0.2) is 27.9 Å². The minimum Gasteiger partial charge on any atom is -0.478 e. The summed E-state index contributed by atoms with van der Waals surface area (Å²) in [4.78, 5) is 41.0. The molecule has 6 nitrogen and oxygen atoms in total. The van der Waals surface area contributed by atoms with E-state index in [1.54, 1.807) is 0 Å². The van der Waals surface area contributed by atoms with Gasteiger partial charge in [0.05, 0.1) is 17.4 Å². The smallest absolute Gasteiger partial charge is 0.337 e. The summed E-state index contributed by atoms with van der Waals surface area (Å²) in [6, 6.07) is 1.30. The van der Waals surface area contributed by atoms with Crippen LogP contribution in [0.4, 0.5) is 5.69 Å². The first-order chi connectivity index (χ1) is 10.0. The van der Waals surface area contributed by atoms with E-state index in [9.17, 15) is 19.5 Å². The van der Waals surface area contributed by atoms with Crippen molar-refractivity contribution in [2.75, 3.05) is 4.90 Å². The molecule has 1 aromatic heterocycles. The fraction of sp³-hybridized carbons (Fsp3) is 0.467. The predicted octanol–water partition coefficient (Wildman–Crippen LogP) is 1.99. The average molecular weight is 288 g/mol. The molecule has 1 aliphatic carbocycles. The molecule has 1 saturated heterocycles. The van der Waals surface area contributed by atoms with Crippen LogP contribution in [0.1, 0.15) is 48.9 Å². The monoisotopic (exact) mass is 288 g/mol. The molecule has 2 amide bonds. The topological polar surface area (TPSA) is 87.6 Å². The maximum Gasteiger partial charge on any atom is 0.337 e. The van der Waals surface area contributed by atoms with Gasteiger partial charge in [0.25, 0.3) is 0 Å². The second kappa shape index (κ2) is 4.95. The number of hydrogen-bond acceptors (Lipinski definition) is 4. The van der Waals surface area contributed by atoms with Crippen molar-refractivity contribution in [1.29, 1.82) is 0 Å². The Balaban J connectivity index is 1.95. The van der Waals surface area contributed by atoms with Crippen molar-refractivity contribution >= 4 is 23.5 Å². The largest absolute Gasteiger partial charge is 0.478 e. The number of aromatic carboxylic acids is 1. The molecule has 1 aliphatic heterocycles.